The van der Waals surface area contributed by atoms with Crippen LogP contribution in [-0.4, -0.2) is 26.7 Å². The van der Waals surface area contributed by atoms with E-state index in [1.54, 1.807) is 25.2 Å². The quantitative estimate of drug-likeness (QED) is 0.502. The van der Waals surface area contributed by atoms with Gasteiger partial charge in [0, 0.05) is 16.1 Å². The number of hydrogen-bond acceptors (Lipinski definition) is 6. The molecule has 4 rings (SSSR count). The first kappa shape index (κ1) is 19.6. The van der Waals surface area contributed by atoms with Crippen LogP contribution in [0.2, 0.25) is 0 Å². The molecule has 8 heteroatoms. The lowest BCUT2D eigenvalue weighted by atomic mass is 9.89. The lowest BCUT2D eigenvalue weighted by molar-refractivity contribution is 0.0455. The number of ether oxygens (including phenoxy) is 1. The number of Topliss-reactive ketones (excluding diaryl/α,β-unsaturated/α-hetero) is 1. The number of ketones is 1. The summed E-state index contributed by atoms with van der Waals surface area (Å²) in [6.07, 6.45) is 2.96. The average molecular weight is 413 g/mol. The van der Waals surface area contributed by atoms with Crippen molar-refractivity contribution < 1.29 is 14.3 Å². The highest BCUT2D eigenvalue weighted by Gasteiger charge is 2.24. The topological polar surface area (TPSA) is 105 Å². The molecule has 0 radical (unpaired) electrons. The number of carbonyl (C=O) groups excluding carboxylic acids is 2. The molecule has 0 aromatic carbocycles. The van der Waals surface area contributed by atoms with Crippen molar-refractivity contribution in [3.05, 3.63) is 49.1 Å². The fourth-order valence-corrected chi connectivity index (χ4v) is 5.55. The number of fused-ring (bicyclic) bond motifs is 3. The SMILES string of the molecule is CC(=O)c1c(C)[nH]c(C(=O)OCc2nc3sc4c(c3c(=O)[nH]2)CC[C@@H](C)C4)c1C. The highest BCUT2D eigenvalue weighted by Crippen LogP contribution is 2.35. The summed E-state index contributed by atoms with van der Waals surface area (Å²) in [6, 6.07) is 0. The van der Waals surface area contributed by atoms with Crippen LogP contribution < -0.4 is 5.56 Å². The minimum atomic E-state index is -0.583. The molecule has 2 N–H and O–H groups in total. The van der Waals surface area contributed by atoms with E-state index in [4.69, 9.17) is 4.74 Å². The second-order valence-electron chi connectivity index (χ2n) is 7.80. The van der Waals surface area contributed by atoms with E-state index in [2.05, 4.69) is 21.9 Å². The smallest absolute Gasteiger partial charge is 0.355 e. The van der Waals surface area contributed by atoms with Crippen LogP contribution in [0.25, 0.3) is 10.2 Å². The summed E-state index contributed by atoms with van der Waals surface area (Å²) < 4.78 is 5.36. The Morgan fingerprint density at radius 1 is 1.28 bits per heavy atom. The van der Waals surface area contributed by atoms with Crippen LogP contribution in [0.4, 0.5) is 0 Å². The molecule has 0 bridgehead atoms. The van der Waals surface area contributed by atoms with E-state index in [0.29, 0.717) is 38.8 Å². The predicted molar refractivity (Wildman–Crippen MR) is 111 cm³/mol. The maximum absolute atomic E-state index is 12.6. The number of hydrogen-bond donors (Lipinski definition) is 2. The molecule has 0 spiro atoms. The Morgan fingerprint density at radius 3 is 2.72 bits per heavy atom. The number of carbonyl (C=O) groups is 2. The molecule has 29 heavy (non-hydrogen) atoms. The maximum atomic E-state index is 12.6. The third-order valence-corrected chi connectivity index (χ3v) is 6.70. The number of thiophene rings is 1. The maximum Gasteiger partial charge on any atom is 0.355 e. The Labute approximate surface area is 171 Å². The van der Waals surface area contributed by atoms with Crippen LogP contribution in [0.1, 0.15) is 68.6 Å². The van der Waals surface area contributed by atoms with Gasteiger partial charge in [0.1, 0.15) is 23.0 Å². The molecule has 0 unspecified atom stereocenters. The molecule has 3 heterocycles. The van der Waals surface area contributed by atoms with Crippen LogP contribution >= 0.6 is 11.3 Å². The Kier molecular flexibility index (Phi) is 4.90. The number of rotatable bonds is 4. The molecule has 1 aliphatic carbocycles. The van der Waals surface area contributed by atoms with Crippen molar-refractivity contribution in [3.8, 4) is 0 Å². The zero-order valence-corrected chi connectivity index (χ0v) is 17.7. The van der Waals surface area contributed by atoms with E-state index in [1.165, 1.54) is 11.8 Å². The molecule has 7 nitrogen and oxygen atoms in total. The first-order valence-corrected chi connectivity index (χ1v) is 10.5. The summed E-state index contributed by atoms with van der Waals surface area (Å²) in [6.45, 7) is 6.99. The minimum absolute atomic E-state index is 0.109. The number of nitrogens with zero attached hydrogens (tertiary/aromatic N) is 1. The second-order valence-corrected chi connectivity index (χ2v) is 8.89. The highest BCUT2D eigenvalue weighted by molar-refractivity contribution is 7.18. The second kappa shape index (κ2) is 7.26. The van der Waals surface area contributed by atoms with Gasteiger partial charge in [0.15, 0.2) is 5.78 Å². The Hall–Kier alpha value is -2.74. The van der Waals surface area contributed by atoms with Gasteiger partial charge in [-0.25, -0.2) is 9.78 Å². The summed E-state index contributed by atoms with van der Waals surface area (Å²) in [4.78, 5) is 49.0. The van der Waals surface area contributed by atoms with Crippen LogP contribution in [0.3, 0.4) is 0 Å². The summed E-state index contributed by atoms with van der Waals surface area (Å²) in [5.41, 5.74) is 2.89. The third kappa shape index (κ3) is 3.42. The number of nitrogens with one attached hydrogen (secondary N) is 2. The average Bonchev–Trinajstić information content (AvgIpc) is 3.15. The number of aromatic amines is 2. The summed E-state index contributed by atoms with van der Waals surface area (Å²) in [5.74, 6) is 0.237. The van der Waals surface area contributed by atoms with Gasteiger partial charge in [-0.3, -0.25) is 9.59 Å². The van der Waals surface area contributed by atoms with Crippen molar-refractivity contribution >= 4 is 33.3 Å². The molecule has 152 valence electrons. The van der Waals surface area contributed by atoms with Crippen molar-refractivity contribution in [1.29, 1.82) is 0 Å². The third-order valence-electron chi connectivity index (χ3n) is 5.55. The van der Waals surface area contributed by atoms with Gasteiger partial charge in [-0.2, -0.15) is 0 Å². The van der Waals surface area contributed by atoms with Crippen LogP contribution in [0.15, 0.2) is 4.79 Å². The summed E-state index contributed by atoms with van der Waals surface area (Å²) in [5, 5.41) is 0.675. The number of aryl methyl sites for hydroxylation is 2. The van der Waals surface area contributed by atoms with Gasteiger partial charge < -0.3 is 14.7 Å². The highest BCUT2D eigenvalue weighted by atomic mass is 32.1. The Bertz CT molecular complexity index is 1200. The minimum Gasteiger partial charge on any atom is -0.453 e. The van der Waals surface area contributed by atoms with Crippen molar-refractivity contribution in [2.75, 3.05) is 0 Å². The molecule has 0 aliphatic heterocycles. The van der Waals surface area contributed by atoms with E-state index < -0.39 is 5.97 Å². The van der Waals surface area contributed by atoms with E-state index in [9.17, 15) is 14.4 Å². The van der Waals surface area contributed by atoms with E-state index in [1.807, 2.05) is 0 Å². The Balaban J connectivity index is 1.58. The predicted octanol–water partition coefficient (Wildman–Crippen LogP) is 3.61. The Morgan fingerprint density at radius 2 is 2.03 bits per heavy atom. The number of esters is 1. The van der Waals surface area contributed by atoms with Crippen LogP contribution in [0, 0.1) is 19.8 Å². The number of H-pyrrole nitrogens is 2. The van der Waals surface area contributed by atoms with Crippen LogP contribution in [0.5, 0.6) is 0 Å². The molecule has 3 aromatic heterocycles. The van der Waals surface area contributed by atoms with E-state index in [0.717, 1.165) is 24.8 Å². The zero-order chi connectivity index (χ0) is 20.9. The molecule has 0 fully saturated rings. The number of aromatic nitrogens is 3. The molecule has 1 aliphatic rings. The monoisotopic (exact) mass is 413 g/mol. The molecular weight excluding hydrogens is 390 g/mol. The largest absolute Gasteiger partial charge is 0.453 e. The van der Waals surface area contributed by atoms with Crippen molar-refractivity contribution in [2.45, 2.75) is 53.6 Å². The summed E-state index contributed by atoms with van der Waals surface area (Å²) in [7, 11) is 0. The first-order valence-electron chi connectivity index (χ1n) is 9.67. The zero-order valence-electron chi connectivity index (χ0n) is 16.9. The molecular formula is C21H23N3O4S. The van der Waals surface area contributed by atoms with Gasteiger partial charge >= 0.3 is 5.97 Å². The van der Waals surface area contributed by atoms with Gasteiger partial charge in [-0.05, 0) is 57.1 Å². The van der Waals surface area contributed by atoms with Gasteiger partial charge in [0.2, 0.25) is 0 Å². The fourth-order valence-electron chi connectivity index (χ4n) is 4.15. The summed E-state index contributed by atoms with van der Waals surface area (Å²) >= 11 is 1.56. The van der Waals surface area contributed by atoms with Gasteiger partial charge in [0.05, 0.1) is 5.39 Å². The van der Waals surface area contributed by atoms with Gasteiger partial charge in [0.25, 0.3) is 5.56 Å². The molecule has 0 saturated heterocycles. The van der Waals surface area contributed by atoms with Gasteiger partial charge in [-0.1, -0.05) is 6.92 Å². The van der Waals surface area contributed by atoms with Crippen molar-refractivity contribution in [3.63, 3.8) is 0 Å². The van der Waals surface area contributed by atoms with Crippen LogP contribution in [-0.2, 0) is 24.2 Å². The fraction of sp³-hybridized carbons (Fsp3) is 0.429. The lowest BCUT2D eigenvalue weighted by Crippen LogP contribution is -2.16. The van der Waals surface area contributed by atoms with E-state index >= 15 is 0 Å². The van der Waals surface area contributed by atoms with E-state index in [-0.39, 0.29) is 23.6 Å². The molecule has 1 atom stereocenters. The van der Waals surface area contributed by atoms with Gasteiger partial charge in [-0.15, -0.1) is 11.3 Å². The molecule has 0 amide bonds. The van der Waals surface area contributed by atoms with Crippen molar-refractivity contribution in [1.82, 2.24) is 15.0 Å². The molecule has 3 aromatic rings. The first-order chi connectivity index (χ1) is 13.8. The molecule has 0 saturated carbocycles. The normalized spacial score (nSPS) is 16.1. The van der Waals surface area contributed by atoms with Crippen molar-refractivity contribution in [2.24, 2.45) is 5.92 Å². The lowest BCUT2D eigenvalue weighted by Gasteiger charge is -2.17. The standard InChI is InChI=1S/C21H23N3O4S/c1-9-5-6-13-14(7-9)29-20-17(13)19(26)23-15(24-20)8-28-21(27)18-10(2)16(12(4)25)11(3)22-18/h9,22H,5-8H2,1-4H3,(H,23,24,26)/t9-/m1/s1.